The van der Waals surface area contributed by atoms with Gasteiger partial charge in [-0.15, -0.1) is 0 Å². The molecule has 0 saturated carbocycles. The van der Waals surface area contributed by atoms with Gasteiger partial charge in [0, 0.05) is 11.6 Å². The molecule has 4 rings (SSSR count). The normalized spacial score (nSPS) is 10.8. The number of ether oxygens (including phenoxy) is 2. The minimum Gasteiger partial charge on any atom is -0.493 e. The van der Waals surface area contributed by atoms with Crippen LogP contribution in [0, 0.1) is 0 Å². The van der Waals surface area contributed by atoms with Crippen molar-refractivity contribution in [3.05, 3.63) is 83.4 Å². The minimum absolute atomic E-state index is 0.0592. The molecule has 4 aromatic rings. The topological polar surface area (TPSA) is 78.5 Å². The van der Waals surface area contributed by atoms with Gasteiger partial charge in [0.2, 0.25) is 5.91 Å². The molecule has 0 atom stereocenters. The molecular formula is C26H26ClN3O4S. The molecule has 182 valence electrons. The zero-order valence-electron chi connectivity index (χ0n) is 19.5. The Kier molecular flexibility index (Phi) is 8.39. The van der Waals surface area contributed by atoms with E-state index in [2.05, 4.69) is 10.3 Å². The van der Waals surface area contributed by atoms with E-state index in [4.69, 9.17) is 25.5 Å². The molecule has 0 aliphatic rings. The largest absolute Gasteiger partial charge is 0.493 e. The van der Waals surface area contributed by atoms with Gasteiger partial charge in [-0.2, -0.15) is 0 Å². The number of amides is 1. The van der Waals surface area contributed by atoms with Crippen LogP contribution >= 0.6 is 23.4 Å². The molecule has 0 bridgehead atoms. The summed E-state index contributed by atoms with van der Waals surface area (Å²) in [7, 11) is 3.21. The van der Waals surface area contributed by atoms with Gasteiger partial charge >= 0.3 is 0 Å². The molecule has 0 unspecified atom stereocenters. The first-order chi connectivity index (χ1) is 17.1. The maximum Gasteiger partial charge on any atom is 0.230 e. The van der Waals surface area contributed by atoms with Crippen LogP contribution in [-0.4, -0.2) is 42.0 Å². The number of nitrogens with one attached hydrogen (secondary N) is 1. The Bertz CT molecular complexity index is 1260. The van der Waals surface area contributed by atoms with Crippen molar-refractivity contribution in [3.8, 4) is 22.8 Å². The van der Waals surface area contributed by atoms with Crippen molar-refractivity contribution in [1.82, 2.24) is 14.9 Å². The van der Waals surface area contributed by atoms with E-state index in [0.717, 1.165) is 27.7 Å². The van der Waals surface area contributed by atoms with Gasteiger partial charge in [0.15, 0.2) is 16.7 Å². The van der Waals surface area contributed by atoms with Crippen molar-refractivity contribution in [2.24, 2.45) is 0 Å². The Morgan fingerprint density at radius 2 is 1.91 bits per heavy atom. The number of aromatic nitrogens is 2. The highest BCUT2D eigenvalue weighted by Crippen LogP contribution is 2.29. The van der Waals surface area contributed by atoms with Crippen LogP contribution in [0.4, 0.5) is 0 Å². The van der Waals surface area contributed by atoms with Gasteiger partial charge in [-0.3, -0.25) is 4.79 Å². The second kappa shape index (κ2) is 11.9. The van der Waals surface area contributed by atoms with Crippen molar-refractivity contribution in [3.63, 3.8) is 0 Å². The molecule has 0 radical (unpaired) electrons. The van der Waals surface area contributed by atoms with Crippen LogP contribution in [0.25, 0.3) is 11.3 Å². The van der Waals surface area contributed by atoms with E-state index in [-0.39, 0.29) is 11.7 Å². The highest BCUT2D eigenvalue weighted by molar-refractivity contribution is 7.99. The average molecular weight is 512 g/mol. The number of hydrogen-bond donors (Lipinski definition) is 1. The smallest absolute Gasteiger partial charge is 0.230 e. The number of hydrogen-bond acceptors (Lipinski definition) is 6. The standard InChI is InChI=1S/C26H26ClN3O4S/c1-32-23-10-5-18(14-24(23)33-2)11-12-28-25(31)17-35-26-29-15-22(19-6-8-20(27)9-7-19)30(26)16-21-4-3-13-34-21/h3-10,13-15H,11-12,16-17H2,1-2H3,(H,28,31). The summed E-state index contributed by atoms with van der Waals surface area (Å²) >= 11 is 7.44. The Labute approximate surface area is 213 Å². The van der Waals surface area contributed by atoms with Gasteiger partial charge < -0.3 is 23.8 Å². The quantitative estimate of drug-likeness (QED) is 0.275. The molecule has 0 spiro atoms. The van der Waals surface area contributed by atoms with E-state index in [0.29, 0.717) is 36.0 Å². The fourth-order valence-electron chi connectivity index (χ4n) is 3.60. The number of benzene rings is 2. The number of furan rings is 1. The number of carbonyl (C=O) groups is 1. The average Bonchev–Trinajstić information content (AvgIpc) is 3.53. The first-order valence-electron chi connectivity index (χ1n) is 11.0. The first-order valence-corrected chi connectivity index (χ1v) is 12.4. The number of methoxy groups -OCH3 is 2. The minimum atomic E-state index is -0.0592. The molecular weight excluding hydrogens is 486 g/mol. The molecule has 2 aromatic heterocycles. The lowest BCUT2D eigenvalue weighted by molar-refractivity contribution is -0.118. The molecule has 7 nitrogen and oxygen atoms in total. The zero-order chi connectivity index (χ0) is 24.6. The molecule has 35 heavy (non-hydrogen) atoms. The van der Waals surface area contributed by atoms with E-state index in [9.17, 15) is 4.79 Å². The molecule has 2 heterocycles. The van der Waals surface area contributed by atoms with Crippen LogP contribution < -0.4 is 14.8 Å². The summed E-state index contributed by atoms with van der Waals surface area (Å²) < 4.78 is 18.2. The van der Waals surface area contributed by atoms with Gasteiger partial charge in [-0.25, -0.2) is 4.98 Å². The lowest BCUT2D eigenvalue weighted by atomic mass is 10.1. The van der Waals surface area contributed by atoms with Gasteiger partial charge in [0.05, 0.1) is 44.7 Å². The van der Waals surface area contributed by atoms with Crippen LogP contribution in [0.2, 0.25) is 5.02 Å². The molecule has 9 heteroatoms. The number of halogens is 1. The second-order valence-corrected chi connectivity index (χ2v) is 9.06. The summed E-state index contributed by atoms with van der Waals surface area (Å²) in [5.41, 5.74) is 2.96. The molecule has 2 aromatic carbocycles. The summed E-state index contributed by atoms with van der Waals surface area (Å²) in [4.78, 5) is 17.1. The van der Waals surface area contributed by atoms with E-state index in [1.165, 1.54) is 11.8 Å². The summed E-state index contributed by atoms with van der Waals surface area (Å²) in [6, 6.07) is 17.1. The van der Waals surface area contributed by atoms with Crippen LogP contribution in [0.5, 0.6) is 11.5 Å². The highest BCUT2D eigenvalue weighted by atomic mass is 35.5. The van der Waals surface area contributed by atoms with Gasteiger partial charge in [0.25, 0.3) is 0 Å². The Morgan fingerprint density at radius 1 is 1.11 bits per heavy atom. The Balaban J connectivity index is 1.38. The molecule has 0 aliphatic carbocycles. The lowest BCUT2D eigenvalue weighted by Gasteiger charge is -2.11. The lowest BCUT2D eigenvalue weighted by Crippen LogP contribution is -2.27. The summed E-state index contributed by atoms with van der Waals surface area (Å²) in [5.74, 6) is 2.35. The Hall–Kier alpha value is -3.36. The summed E-state index contributed by atoms with van der Waals surface area (Å²) in [6.07, 6.45) is 4.14. The number of nitrogens with zero attached hydrogens (tertiary/aromatic N) is 2. The molecule has 1 N–H and O–H groups in total. The Morgan fingerprint density at radius 3 is 2.63 bits per heavy atom. The van der Waals surface area contributed by atoms with Gasteiger partial charge in [-0.1, -0.05) is 41.6 Å². The third kappa shape index (κ3) is 6.41. The van der Waals surface area contributed by atoms with E-state index in [1.807, 2.05) is 65.4 Å². The predicted octanol–water partition coefficient (Wildman–Crippen LogP) is 5.31. The first kappa shape index (κ1) is 24.8. The second-order valence-electron chi connectivity index (χ2n) is 7.68. The molecule has 1 amide bonds. The number of thioether (sulfide) groups is 1. The fourth-order valence-corrected chi connectivity index (χ4v) is 4.53. The SMILES string of the molecule is COc1ccc(CCNC(=O)CSc2ncc(-c3ccc(Cl)cc3)n2Cc2ccco2)cc1OC. The van der Waals surface area contributed by atoms with Crippen LogP contribution in [0.3, 0.4) is 0 Å². The maximum atomic E-state index is 12.5. The van der Waals surface area contributed by atoms with Crippen LogP contribution in [-0.2, 0) is 17.8 Å². The van der Waals surface area contributed by atoms with Crippen molar-refractivity contribution < 1.29 is 18.7 Å². The summed E-state index contributed by atoms with van der Waals surface area (Å²) in [5, 5.41) is 4.38. The van der Waals surface area contributed by atoms with E-state index >= 15 is 0 Å². The van der Waals surface area contributed by atoms with Crippen LogP contribution in [0.1, 0.15) is 11.3 Å². The van der Waals surface area contributed by atoms with Crippen molar-refractivity contribution in [1.29, 1.82) is 0 Å². The van der Waals surface area contributed by atoms with Crippen molar-refractivity contribution in [2.75, 3.05) is 26.5 Å². The number of carbonyl (C=O) groups excluding carboxylic acids is 1. The molecule has 0 fully saturated rings. The molecule has 0 aliphatic heterocycles. The third-order valence-electron chi connectivity index (χ3n) is 5.37. The van der Waals surface area contributed by atoms with Gasteiger partial charge in [0.1, 0.15) is 5.76 Å². The third-order valence-corrected chi connectivity index (χ3v) is 6.61. The predicted molar refractivity (Wildman–Crippen MR) is 137 cm³/mol. The maximum absolute atomic E-state index is 12.5. The van der Waals surface area contributed by atoms with E-state index in [1.54, 1.807) is 20.5 Å². The highest BCUT2D eigenvalue weighted by Gasteiger charge is 2.15. The monoisotopic (exact) mass is 511 g/mol. The fraction of sp³-hybridized carbons (Fsp3) is 0.231. The number of imidazole rings is 1. The number of rotatable bonds is 11. The summed E-state index contributed by atoms with van der Waals surface area (Å²) in [6.45, 7) is 1.03. The van der Waals surface area contributed by atoms with Gasteiger partial charge in [-0.05, 0) is 53.9 Å². The van der Waals surface area contributed by atoms with Crippen LogP contribution in [0.15, 0.2) is 76.6 Å². The zero-order valence-corrected chi connectivity index (χ0v) is 21.1. The molecule has 0 saturated heterocycles. The van der Waals surface area contributed by atoms with Crippen molar-refractivity contribution in [2.45, 2.75) is 18.1 Å². The van der Waals surface area contributed by atoms with E-state index < -0.39 is 0 Å². The van der Waals surface area contributed by atoms with Crippen molar-refractivity contribution >= 4 is 29.3 Å².